The standard InChI is InChI=1S/C46H28N2OS/c1-2-11-31(12-3-1)48-39-16-7-4-13-34(39)37-28-33(23-24-40(37)48)47(41-17-10-20-45-46(41)36-15-6-9-19-44(36)50-45)32-22-21-29-27-43-38(26-30(29)25-32)35-14-5-8-18-42(35)49-43/h1-28H. The minimum absolute atomic E-state index is 0.915. The molecule has 50 heavy (non-hydrogen) atoms. The third-order valence-corrected chi connectivity index (χ3v) is 11.3. The van der Waals surface area contributed by atoms with E-state index in [1.807, 2.05) is 23.5 Å². The highest BCUT2D eigenvalue weighted by Crippen LogP contribution is 2.47. The number of aromatic nitrogens is 1. The van der Waals surface area contributed by atoms with Crippen molar-refractivity contribution in [1.82, 2.24) is 4.57 Å². The number of furan rings is 1. The number of anilines is 3. The van der Waals surface area contributed by atoms with Crippen LogP contribution in [-0.4, -0.2) is 4.57 Å². The normalized spacial score (nSPS) is 12.0. The molecule has 3 heterocycles. The van der Waals surface area contributed by atoms with Gasteiger partial charge in [-0.1, -0.05) is 84.9 Å². The van der Waals surface area contributed by atoms with Gasteiger partial charge in [-0.15, -0.1) is 11.3 Å². The van der Waals surface area contributed by atoms with E-state index >= 15 is 0 Å². The van der Waals surface area contributed by atoms with E-state index in [9.17, 15) is 0 Å². The van der Waals surface area contributed by atoms with Crippen molar-refractivity contribution >= 4 is 103 Å². The number of benzene rings is 8. The lowest BCUT2D eigenvalue weighted by Gasteiger charge is -2.27. The van der Waals surface area contributed by atoms with Crippen LogP contribution >= 0.6 is 11.3 Å². The lowest BCUT2D eigenvalue weighted by molar-refractivity contribution is 0.669. The van der Waals surface area contributed by atoms with Crippen molar-refractivity contribution in [2.45, 2.75) is 0 Å². The highest BCUT2D eigenvalue weighted by atomic mass is 32.1. The molecule has 0 atom stereocenters. The van der Waals surface area contributed by atoms with Crippen molar-refractivity contribution < 1.29 is 4.42 Å². The molecule has 0 aliphatic rings. The summed E-state index contributed by atoms with van der Waals surface area (Å²) in [5.74, 6) is 0. The molecule has 0 saturated carbocycles. The van der Waals surface area contributed by atoms with Gasteiger partial charge in [0.25, 0.3) is 0 Å². The van der Waals surface area contributed by atoms with E-state index in [0.717, 1.165) is 44.4 Å². The zero-order valence-electron chi connectivity index (χ0n) is 26.9. The molecule has 0 amide bonds. The quantitative estimate of drug-likeness (QED) is 0.188. The lowest BCUT2D eigenvalue weighted by Crippen LogP contribution is -2.10. The number of para-hydroxylation sites is 3. The zero-order valence-corrected chi connectivity index (χ0v) is 27.7. The Morgan fingerprint density at radius 3 is 2.08 bits per heavy atom. The van der Waals surface area contributed by atoms with Crippen molar-refractivity contribution in [2.24, 2.45) is 0 Å². The third-order valence-electron chi connectivity index (χ3n) is 10.1. The van der Waals surface area contributed by atoms with Crippen LogP contribution in [0, 0.1) is 0 Å². The number of thiophene rings is 1. The van der Waals surface area contributed by atoms with Crippen LogP contribution in [0.25, 0.3) is 80.4 Å². The Morgan fingerprint density at radius 2 is 1.16 bits per heavy atom. The highest BCUT2D eigenvalue weighted by Gasteiger charge is 2.21. The first-order chi connectivity index (χ1) is 24.8. The first kappa shape index (κ1) is 27.6. The Morgan fingerprint density at radius 1 is 0.440 bits per heavy atom. The van der Waals surface area contributed by atoms with E-state index in [4.69, 9.17) is 4.42 Å². The summed E-state index contributed by atoms with van der Waals surface area (Å²) in [5, 5.41) is 9.62. The van der Waals surface area contributed by atoms with Crippen molar-refractivity contribution in [3.8, 4) is 5.69 Å². The van der Waals surface area contributed by atoms with Gasteiger partial charge in [0.2, 0.25) is 0 Å². The molecule has 11 aromatic rings. The fourth-order valence-electron chi connectivity index (χ4n) is 7.92. The molecule has 11 rings (SSSR count). The number of fused-ring (bicyclic) bond motifs is 10. The topological polar surface area (TPSA) is 21.3 Å². The van der Waals surface area contributed by atoms with Crippen molar-refractivity contribution in [3.05, 3.63) is 170 Å². The Labute approximate surface area is 291 Å². The highest BCUT2D eigenvalue weighted by molar-refractivity contribution is 7.26. The molecule has 0 aliphatic heterocycles. The van der Waals surface area contributed by atoms with Gasteiger partial charge in [-0.05, 0) is 95.7 Å². The first-order valence-corrected chi connectivity index (χ1v) is 17.7. The molecule has 4 heteroatoms. The van der Waals surface area contributed by atoms with Crippen LogP contribution in [-0.2, 0) is 0 Å². The van der Waals surface area contributed by atoms with E-state index in [2.05, 4.69) is 167 Å². The Kier molecular flexibility index (Phi) is 5.83. The van der Waals surface area contributed by atoms with Gasteiger partial charge >= 0.3 is 0 Å². The summed E-state index contributed by atoms with van der Waals surface area (Å²) in [5.41, 5.74) is 8.77. The Balaban J connectivity index is 1.20. The molecule has 0 fully saturated rings. The van der Waals surface area contributed by atoms with Gasteiger partial charge < -0.3 is 13.9 Å². The van der Waals surface area contributed by atoms with Crippen LogP contribution in [0.15, 0.2) is 174 Å². The summed E-state index contributed by atoms with van der Waals surface area (Å²) in [6.07, 6.45) is 0. The van der Waals surface area contributed by atoms with Gasteiger partial charge in [-0.2, -0.15) is 0 Å². The lowest BCUT2D eigenvalue weighted by atomic mass is 10.0. The SMILES string of the molecule is c1ccc(-n2c3ccccc3c3cc(N(c4ccc5cc6oc7ccccc7c6cc5c4)c4cccc5sc6ccccc6c45)ccc32)cc1. The summed E-state index contributed by atoms with van der Waals surface area (Å²) in [7, 11) is 0. The molecule has 0 radical (unpaired) electrons. The second-order valence-corrected chi connectivity index (χ2v) is 14.0. The predicted molar refractivity (Wildman–Crippen MR) is 213 cm³/mol. The van der Waals surface area contributed by atoms with Crippen LogP contribution in [0.3, 0.4) is 0 Å². The summed E-state index contributed by atoms with van der Waals surface area (Å²) in [6, 6.07) is 61.4. The summed E-state index contributed by atoms with van der Waals surface area (Å²) in [4.78, 5) is 2.45. The first-order valence-electron chi connectivity index (χ1n) is 16.9. The van der Waals surface area contributed by atoms with Gasteiger partial charge in [0.15, 0.2) is 0 Å². The second kappa shape index (κ2) is 10.6. The predicted octanol–water partition coefficient (Wildman–Crippen LogP) is 13.7. The average molecular weight is 657 g/mol. The van der Waals surface area contributed by atoms with Gasteiger partial charge in [0, 0.05) is 58.8 Å². The van der Waals surface area contributed by atoms with Gasteiger partial charge in [-0.3, -0.25) is 0 Å². The van der Waals surface area contributed by atoms with E-state index in [1.54, 1.807) is 0 Å². The van der Waals surface area contributed by atoms with Crippen LogP contribution in [0.1, 0.15) is 0 Å². The zero-order chi connectivity index (χ0) is 32.8. The van der Waals surface area contributed by atoms with Crippen molar-refractivity contribution in [2.75, 3.05) is 4.90 Å². The third kappa shape index (κ3) is 4.03. The fraction of sp³-hybridized carbons (Fsp3) is 0. The average Bonchev–Trinajstić information content (AvgIpc) is 3.84. The molecule has 0 saturated heterocycles. The molecule has 8 aromatic carbocycles. The number of hydrogen-bond acceptors (Lipinski definition) is 3. The van der Waals surface area contributed by atoms with Gasteiger partial charge in [-0.25, -0.2) is 0 Å². The molecule has 0 spiro atoms. The maximum Gasteiger partial charge on any atom is 0.136 e. The van der Waals surface area contributed by atoms with Crippen LogP contribution < -0.4 is 4.90 Å². The maximum absolute atomic E-state index is 6.26. The van der Waals surface area contributed by atoms with E-state index in [0.29, 0.717) is 0 Å². The molecule has 3 aromatic heterocycles. The molecule has 3 nitrogen and oxygen atoms in total. The second-order valence-electron chi connectivity index (χ2n) is 13.0. The van der Waals surface area contributed by atoms with E-state index in [1.165, 1.54) is 53.1 Å². The van der Waals surface area contributed by atoms with E-state index < -0.39 is 0 Å². The van der Waals surface area contributed by atoms with Crippen LogP contribution in [0.2, 0.25) is 0 Å². The Hall–Kier alpha value is -6.36. The van der Waals surface area contributed by atoms with Gasteiger partial charge in [0.1, 0.15) is 11.2 Å². The molecule has 0 bridgehead atoms. The molecule has 0 unspecified atom stereocenters. The number of nitrogens with zero attached hydrogens (tertiary/aromatic N) is 2. The monoisotopic (exact) mass is 656 g/mol. The smallest absolute Gasteiger partial charge is 0.136 e. The molecular formula is C46H28N2OS. The number of rotatable bonds is 4. The minimum atomic E-state index is 0.915. The van der Waals surface area contributed by atoms with Crippen LogP contribution in [0.4, 0.5) is 17.1 Å². The molecular weight excluding hydrogens is 629 g/mol. The fourth-order valence-corrected chi connectivity index (χ4v) is 9.05. The number of hydrogen-bond donors (Lipinski definition) is 0. The Bertz CT molecular complexity index is 3110. The maximum atomic E-state index is 6.26. The minimum Gasteiger partial charge on any atom is -0.456 e. The van der Waals surface area contributed by atoms with Gasteiger partial charge in [0.05, 0.1) is 16.7 Å². The summed E-state index contributed by atoms with van der Waals surface area (Å²) < 4.78 is 11.2. The molecule has 0 N–H and O–H groups in total. The van der Waals surface area contributed by atoms with Crippen LogP contribution in [0.5, 0.6) is 0 Å². The van der Waals surface area contributed by atoms with E-state index in [-0.39, 0.29) is 0 Å². The molecule has 0 aliphatic carbocycles. The largest absolute Gasteiger partial charge is 0.456 e. The van der Waals surface area contributed by atoms with Crippen molar-refractivity contribution in [3.63, 3.8) is 0 Å². The molecule has 234 valence electrons. The van der Waals surface area contributed by atoms with Crippen molar-refractivity contribution in [1.29, 1.82) is 0 Å². The summed E-state index contributed by atoms with van der Waals surface area (Å²) in [6.45, 7) is 0. The summed E-state index contributed by atoms with van der Waals surface area (Å²) >= 11 is 1.85.